The van der Waals surface area contributed by atoms with E-state index in [-0.39, 0.29) is 17.4 Å². The van der Waals surface area contributed by atoms with E-state index in [1.807, 2.05) is 0 Å². The zero-order chi connectivity index (χ0) is 9.84. The third-order valence-corrected chi connectivity index (χ3v) is 1.56. The van der Waals surface area contributed by atoms with E-state index in [2.05, 4.69) is 5.32 Å². The predicted molar refractivity (Wildman–Crippen MR) is 43.3 cm³/mol. The van der Waals surface area contributed by atoms with E-state index in [9.17, 15) is 9.59 Å². The summed E-state index contributed by atoms with van der Waals surface area (Å²) in [7, 11) is 0. The molecule has 0 aliphatic rings. The van der Waals surface area contributed by atoms with Gasteiger partial charge >= 0.3 is 5.97 Å². The van der Waals surface area contributed by atoms with Gasteiger partial charge in [-0.1, -0.05) is 0 Å². The van der Waals surface area contributed by atoms with Gasteiger partial charge in [0, 0.05) is 0 Å². The first kappa shape index (κ1) is 9.60. The Morgan fingerprint density at radius 3 is 2.77 bits per heavy atom. The number of rotatable bonds is 4. The van der Waals surface area contributed by atoms with Crippen LogP contribution in [0.15, 0.2) is 16.5 Å². The molecule has 13 heavy (non-hydrogen) atoms. The second-order valence-corrected chi connectivity index (χ2v) is 2.57. The third-order valence-electron chi connectivity index (χ3n) is 1.36. The van der Waals surface area contributed by atoms with Crippen LogP contribution in [-0.4, -0.2) is 17.5 Å². The van der Waals surface area contributed by atoms with Gasteiger partial charge in [0.1, 0.15) is 5.76 Å². The SMILES string of the molecule is O=CNC(C(=O)O)c1ccc(Cl)o1. The first-order valence-corrected chi connectivity index (χ1v) is 3.70. The summed E-state index contributed by atoms with van der Waals surface area (Å²) in [4.78, 5) is 20.6. The maximum atomic E-state index is 10.6. The number of halogens is 1. The van der Waals surface area contributed by atoms with Crippen LogP contribution in [0, 0.1) is 0 Å². The lowest BCUT2D eigenvalue weighted by Gasteiger charge is -2.06. The zero-order valence-corrected chi connectivity index (χ0v) is 7.12. The zero-order valence-electron chi connectivity index (χ0n) is 6.36. The Balaban J connectivity index is 2.87. The van der Waals surface area contributed by atoms with Gasteiger partial charge in [0.15, 0.2) is 11.3 Å². The van der Waals surface area contributed by atoms with E-state index in [0.29, 0.717) is 0 Å². The molecule has 1 aromatic heterocycles. The molecule has 0 radical (unpaired) electrons. The Bertz CT molecular complexity index is 322. The van der Waals surface area contributed by atoms with E-state index in [0.717, 1.165) is 0 Å². The van der Waals surface area contributed by atoms with Crippen molar-refractivity contribution in [2.75, 3.05) is 0 Å². The molecule has 1 rings (SSSR count). The second-order valence-electron chi connectivity index (χ2n) is 2.20. The summed E-state index contributed by atoms with van der Waals surface area (Å²) in [6.07, 6.45) is 0.287. The second kappa shape index (κ2) is 3.95. The van der Waals surface area contributed by atoms with Crippen molar-refractivity contribution >= 4 is 24.0 Å². The molecule has 0 aliphatic carbocycles. The molecule has 6 heteroatoms. The van der Waals surface area contributed by atoms with Crippen molar-refractivity contribution in [1.29, 1.82) is 0 Å². The summed E-state index contributed by atoms with van der Waals surface area (Å²) in [5, 5.41) is 10.8. The maximum absolute atomic E-state index is 10.6. The summed E-state index contributed by atoms with van der Waals surface area (Å²) in [5.74, 6) is -1.12. The lowest BCUT2D eigenvalue weighted by molar-refractivity contribution is -0.141. The van der Waals surface area contributed by atoms with Crippen molar-refractivity contribution in [1.82, 2.24) is 5.32 Å². The van der Waals surface area contributed by atoms with Crippen LogP contribution in [0.4, 0.5) is 0 Å². The molecule has 70 valence electrons. The van der Waals surface area contributed by atoms with E-state index in [1.165, 1.54) is 12.1 Å². The Hall–Kier alpha value is -1.49. The maximum Gasteiger partial charge on any atom is 0.334 e. The third kappa shape index (κ3) is 2.22. The fourth-order valence-corrected chi connectivity index (χ4v) is 0.979. The summed E-state index contributed by atoms with van der Waals surface area (Å²) in [5.41, 5.74) is 0. The van der Waals surface area contributed by atoms with Gasteiger partial charge in [0.2, 0.25) is 6.41 Å². The van der Waals surface area contributed by atoms with Crippen LogP contribution in [0.25, 0.3) is 0 Å². The number of hydrogen-bond acceptors (Lipinski definition) is 3. The molecule has 1 unspecified atom stereocenters. The van der Waals surface area contributed by atoms with Crippen LogP contribution in [0.3, 0.4) is 0 Å². The lowest BCUT2D eigenvalue weighted by Crippen LogP contribution is -2.26. The Morgan fingerprint density at radius 2 is 2.38 bits per heavy atom. The fourth-order valence-electron chi connectivity index (χ4n) is 0.827. The van der Waals surface area contributed by atoms with Crippen molar-refractivity contribution < 1.29 is 19.1 Å². The van der Waals surface area contributed by atoms with Crippen molar-refractivity contribution in [3.05, 3.63) is 23.1 Å². The van der Waals surface area contributed by atoms with Crippen LogP contribution in [0.1, 0.15) is 11.8 Å². The largest absolute Gasteiger partial charge is 0.479 e. The van der Waals surface area contributed by atoms with Gasteiger partial charge in [-0.3, -0.25) is 4.79 Å². The molecular formula is C7H6ClNO4. The first-order valence-electron chi connectivity index (χ1n) is 3.33. The molecule has 0 fully saturated rings. The predicted octanol–water partition coefficient (Wildman–Crippen LogP) is 0.805. The molecule has 1 atom stereocenters. The number of furan rings is 1. The number of carboxylic acids is 1. The molecule has 0 saturated heterocycles. The van der Waals surface area contributed by atoms with E-state index >= 15 is 0 Å². The summed E-state index contributed by atoms with van der Waals surface area (Å²) >= 11 is 5.43. The molecule has 0 aromatic carbocycles. The van der Waals surface area contributed by atoms with Gasteiger partial charge in [-0.15, -0.1) is 0 Å². The Morgan fingerprint density at radius 1 is 1.69 bits per heavy atom. The summed E-state index contributed by atoms with van der Waals surface area (Å²) in [6.45, 7) is 0. The Kier molecular flexibility index (Phi) is 2.92. The molecule has 0 bridgehead atoms. The molecule has 1 heterocycles. The topological polar surface area (TPSA) is 79.5 Å². The molecule has 0 saturated carbocycles. The van der Waals surface area contributed by atoms with Crippen molar-refractivity contribution in [3.63, 3.8) is 0 Å². The molecule has 0 aliphatic heterocycles. The van der Waals surface area contributed by atoms with Crippen LogP contribution in [-0.2, 0) is 9.59 Å². The monoisotopic (exact) mass is 203 g/mol. The molecule has 0 spiro atoms. The van der Waals surface area contributed by atoms with Crippen molar-refractivity contribution in [2.24, 2.45) is 0 Å². The van der Waals surface area contributed by atoms with Crippen LogP contribution in [0.2, 0.25) is 5.22 Å². The number of carboxylic acid groups (broad SMARTS) is 1. The average molecular weight is 204 g/mol. The van der Waals surface area contributed by atoms with E-state index in [1.54, 1.807) is 0 Å². The number of amides is 1. The number of aliphatic carboxylic acids is 1. The molecular weight excluding hydrogens is 198 g/mol. The van der Waals surface area contributed by atoms with Crippen LogP contribution in [0.5, 0.6) is 0 Å². The number of carbonyl (C=O) groups excluding carboxylic acids is 1. The number of carbonyl (C=O) groups is 2. The van der Waals surface area contributed by atoms with Crippen molar-refractivity contribution in [3.8, 4) is 0 Å². The fraction of sp³-hybridized carbons (Fsp3) is 0.143. The minimum absolute atomic E-state index is 0.0777. The van der Waals surface area contributed by atoms with Gasteiger partial charge in [-0.25, -0.2) is 4.79 Å². The highest BCUT2D eigenvalue weighted by Crippen LogP contribution is 2.19. The summed E-state index contributed by atoms with van der Waals surface area (Å²) < 4.78 is 4.82. The van der Waals surface area contributed by atoms with Gasteiger partial charge in [-0.05, 0) is 23.7 Å². The standard InChI is InChI=1S/C7H6ClNO4/c8-5-2-1-4(13-5)6(7(11)12)9-3-10/h1-3,6H,(H,9,10)(H,11,12). The molecule has 5 nitrogen and oxygen atoms in total. The highest BCUT2D eigenvalue weighted by molar-refractivity contribution is 6.28. The lowest BCUT2D eigenvalue weighted by atomic mass is 10.2. The van der Waals surface area contributed by atoms with Crippen molar-refractivity contribution in [2.45, 2.75) is 6.04 Å². The van der Waals surface area contributed by atoms with Crippen LogP contribution < -0.4 is 5.32 Å². The Labute approximate surface area is 78.3 Å². The minimum atomic E-state index is -1.21. The normalized spacial score (nSPS) is 12.1. The highest BCUT2D eigenvalue weighted by atomic mass is 35.5. The molecule has 1 aromatic rings. The number of nitrogens with one attached hydrogen (secondary N) is 1. The van der Waals surface area contributed by atoms with E-state index < -0.39 is 12.0 Å². The van der Waals surface area contributed by atoms with Gasteiger partial charge < -0.3 is 14.8 Å². The van der Waals surface area contributed by atoms with Gasteiger partial charge in [-0.2, -0.15) is 0 Å². The molecule has 1 amide bonds. The number of hydrogen-bond donors (Lipinski definition) is 2. The van der Waals surface area contributed by atoms with E-state index in [4.69, 9.17) is 21.1 Å². The average Bonchev–Trinajstić information content (AvgIpc) is 2.46. The van der Waals surface area contributed by atoms with Gasteiger partial charge in [0.05, 0.1) is 0 Å². The quantitative estimate of drug-likeness (QED) is 0.710. The first-order chi connectivity index (χ1) is 6.15. The smallest absolute Gasteiger partial charge is 0.334 e. The molecule has 2 N–H and O–H groups in total. The summed E-state index contributed by atoms with van der Waals surface area (Å²) in [6, 6.07) is 1.60. The van der Waals surface area contributed by atoms with Crippen LogP contribution >= 0.6 is 11.6 Å². The minimum Gasteiger partial charge on any atom is -0.479 e. The van der Waals surface area contributed by atoms with Gasteiger partial charge in [0.25, 0.3) is 0 Å². The highest BCUT2D eigenvalue weighted by Gasteiger charge is 2.22.